The van der Waals surface area contributed by atoms with Gasteiger partial charge < -0.3 is 9.84 Å². The summed E-state index contributed by atoms with van der Waals surface area (Å²) in [6.07, 6.45) is 0. The number of aliphatic carboxylic acids is 1. The van der Waals surface area contributed by atoms with E-state index in [0.29, 0.717) is 5.75 Å². The minimum atomic E-state index is -0.968. The summed E-state index contributed by atoms with van der Waals surface area (Å²) < 4.78 is 5.28. The molecule has 0 spiro atoms. The molecule has 0 bridgehead atoms. The average molecular weight is 352 g/mol. The molecule has 128 valence electrons. The minimum absolute atomic E-state index is 0.317. The van der Waals surface area contributed by atoms with Gasteiger partial charge in [0, 0.05) is 10.6 Å². The molecule has 3 rings (SSSR count). The van der Waals surface area contributed by atoms with Crippen molar-refractivity contribution in [2.75, 3.05) is 6.61 Å². The van der Waals surface area contributed by atoms with E-state index < -0.39 is 5.97 Å². The van der Waals surface area contributed by atoms with Crippen LogP contribution in [0.15, 0.2) is 59.5 Å². The zero-order chi connectivity index (χ0) is 17.8. The fourth-order valence-electron chi connectivity index (χ4n) is 2.81. The Morgan fingerprint density at radius 1 is 1.00 bits per heavy atom. The van der Waals surface area contributed by atoms with Gasteiger partial charge in [-0.15, -0.1) is 11.8 Å². The second-order valence-electron chi connectivity index (χ2n) is 5.99. The second-order valence-corrected chi connectivity index (χ2v) is 7.03. The molecule has 0 saturated heterocycles. The normalized spacial score (nSPS) is 10.8. The molecule has 0 aliphatic rings. The lowest BCUT2D eigenvalue weighted by atomic mass is 10.0. The number of fused-ring (bicyclic) bond motifs is 1. The van der Waals surface area contributed by atoms with Gasteiger partial charge in [-0.1, -0.05) is 36.4 Å². The fraction of sp³-hybridized carbons (Fsp3) is 0.190. The van der Waals surface area contributed by atoms with E-state index in [9.17, 15) is 4.79 Å². The van der Waals surface area contributed by atoms with E-state index in [2.05, 4.69) is 43.3 Å². The Morgan fingerprint density at radius 2 is 1.76 bits per heavy atom. The topological polar surface area (TPSA) is 46.5 Å². The Morgan fingerprint density at radius 3 is 2.48 bits per heavy atom. The number of hydrogen-bond donors (Lipinski definition) is 1. The zero-order valence-corrected chi connectivity index (χ0v) is 15.1. The predicted molar refractivity (Wildman–Crippen MR) is 103 cm³/mol. The van der Waals surface area contributed by atoms with Gasteiger partial charge in [-0.25, -0.2) is 4.79 Å². The van der Waals surface area contributed by atoms with Crippen molar-refractivity contribution in [1.29, 1.82) is 0 Å². The molecule has 3 aromatic rings. The molecule has 4 heteroatoms. The van der Waals surface area contributed by atoms with Gasteiger partial charge in [0.2, 0.25) is 0 Å². The largest absolute Gasteiger partial charge is 0.482 e. The maximum Gasteiger partial charge on any atom is 0.341 e. The number of benzene rings is 3. The number of carboxylic acid groups (broad SMARTS) is 1. The molecule has 0 saturated carbocycles. The minimum Gasteiger partial charge on any atom is -0.482 e. The van der Waals surface area contributed by atoms with Crippen LogP contribution in [-0.2, 0) is 10.5 Å². The van der Waals surface area contributed by atoms with Crippen LogP contribution in [0.2, 0.25) is 0 Å². The van der Waals surface area contributed by atoms with E-state index in [1.165, 1.54) is 21.9 Å². The van der Waals surface area contributed by atoms with E-state index >= 15 is 0 Å². The summed E-state index contributed by atoms with van der Waals surface area (Å²) in [5, 5.41) is 11.3. The summed E-state index contributed by atoms with van der Waals surface area (Å²) in [4.78, 5) is 11.8. The van der Waals surface area contributed by atoms with Crippen molar-refractivity contribution >= 4 is 28.5 Å². The van der Waals surface area contributed by atoms with Crippen LogP contribution in [0.25, 0.3) is 10.8 Å². The number of aryl methyl sites for hydroxylation is 2. The van der Waals surface area contributed by atoms with E-state index in [1.54, 1.807) is 11.8 Å². The van der Waals surface area contributed by atoms with E-state index in [1.807, 2.05) is 25.1 Å². The first-order valence-electron chi connectivity index (χ1n) is 8.10. The Hall–Kier alpha value is -2.46. The highest BCUT2D eigenvalue weighted by molar-refractivity contribution is 7.98. The van der Waals surface area contributed by atoms with Crippen LogP contribution >= 0.6 is 11.8 Å². The van der Waals surface area contributed by atoms with Gasteiger partial charge in [0.05, 0.1) is 0 Å². The van der Waals surface area contributed by atoms with Gasteiger partial charge in [-0.2, -0.15) is 0 Å². The van der Waals surface area contributed by atoms with Gasteiger partial charge in [-0.3, -0.25) is 0 Å². The smallest absolute Gasteiger partial charge is 0.341 e. The third-order valence-electron chi connectivity index (χ3n) is 4.12. The highest BCUT2D eigenvalue weighted by Crippen LogP contribution is 2.31. The maximum absolute atomic E-state index is 10.6. The number of carbonyl (C=O) groups is 1. The van der Waals surface area contributed by atoms with E-state index in [0.717, 1.165) is 16.2 Å². The zero-order valence-electron chi connectivity index (χ0n) is 14.3. The summed E-state index contributed by atoms with van der Waals surface area (Å²) in [7, 11) is 0. The molecular formula is C21H20O3S. The van der Waals surface area contributed by atoms with Crippen molar-refractivity contribution in [2.24, 2.45) is 0 Å². The first-order valence-corrected chi connectivity index (χ1v) is 9.08. The lowest BCUT2D eigenvalue weighted by Crippen LogP contribution is -2.09. The van der Waals surface area contributed by atoms with Crippen molar-refractivity contribution < 1.29 is 14.6 Å². The fourth-order valence-corrected chi connectivity index (χ4v) is 3.81. The quantitative estimate of drug-likeness (QED) is 0.619. The maximum atomic E-state index is 10.6. The average Bonchev–Trinajstić information content (AvgIpc) is 2.60. The molecule has 0 aliphatic carbocycles. The van der Waals surface area contributed by atoms with Crippen molar-refractivity contribution in [3.63, 3.8) is 0 Å². The van der Waals surface area contributed by atoms with Gasteiger partial charge in [-0.05, 0) is 59.5 Å². The number of rotatable bonds is 6. The highest BCUT2D eigenvalue weighted by atomic mass is 32.2. The summed E-state index contributed by atoms with van der Waals surface area (Å²) in [5.41, 5.74) is 3.55. The molecule has 0 heterocycles. The van der Waals surface area contributed by atoms with Crippen LogP contribution in [0, 0.1) is 13.8 Å². The molecule has 3 aromatic carbocycles. The lowest BCUT2D eigenvalue weighted by Gasteiger charge is -2.11. The standard InChI is InChI=1S/C21H20O3S/c1-14-7-8-16(19-6-4-3-5-18(14)19)13-25-17-9-10-20(15(2)11-17)24-12-21(22)23/h3-11H,12-13H2,1-2H3,(H,22,23). The van der Waals surface area contributed by atoms with Gasteiger partial charge >= 0.3 is 5.97 Å². The molecule has 0 fully saturated rings. The second kappa shape index (κ2) is 7.62. The molecule has 1 N–H and O–H groups in total. The summed E-state index contributed by atoms with van der Waals surface area (Å²) in [5.74, 6) is 0.534. The molecule has 0 radical (unpaired) electrons. The first-order chi connectivity index (χ1) is 12.0. The van der Waals surface area contributed by atoms with Crippen LogP contribution in [0.5, 0.6) is 5.75 Å². The van der Waals surface area contributed by atoms with Gasteiger partial charge in [0.1, 0.15) is 5.75 Å². The molecule has 0 amide bonds. The predicted octanol–water partition coefficient (Wildman–Crippen LogP) is 5.21. The molecular weight excluding hydrogens is 332 g/mol. The monoisotopic (exact) mass is 352 g/mol. The van der Waals surface area contributed by atoms with Crippen LogP contribution in [0.3, 0.4) is 0 Å². The molecule has 25 heavy (non-hydrogen) atoms. The first kappa shape index (κ1) is 17.4. The summed E-state index contributed by atoms with van der Waals surface area (Å²) >= 11 is 1.77. The third kappa shape index (κ3) is 4.15. The molecule has 0 aliphatic heterocycles. The van der Waals surface area contributed by atoms with E-state index in [4.69, 9.17) is 9.84 Å². The van der Waals surface area contributed by atoms with Crippen LogP contribution in [-0.4, -0.2) is 17.7 Å². The van der Waals surface area contributed by atoms with Gasteiger partial charge in [0.15, 0.2) is 6.61 Å². The third-order valence-corrected chi connectivity index (χ3v) is 5.17. The van der Waals surface area contributed by atoms with Crippen molar-refractivity contribution in [3.05, 3.63) is 71.3 Å². The number of hydrogen-bond acceptors (Lipinski definition) is 3. The van der Waals surface area contributed by atoms with Crippen molar-refractivity contribution in [3.8, 4) is 5.75 Å². The number of thioether (sulfide) groups is 1. The van der Waals surface area contributed by atoms with Gasteiger partial charge in [0.25, 0.3) is 0 Å². The van der Waals surface area contributed by atoms with Crippen molar-refractivity contribution in [2.45, 2.75) is 24.5 Å². The number of carboxylic acids is 1. The Kier molecular flexibility index (Phi) is 5.29. The Balaban J connectivity index is 1.75. The number of ether oxygens (including phenoxy) is 1. The Bertz CT molecular complexity index is 918. The molecule has 0 aromatic heterocycles. The SMILES string of the molecule is Cc1cc(SCc2ccc(C)c3ccccc23)ccc1OCC(=O)O. The molecule has 3 nitrogen and oxygen atoms in total. The lowest BCUT2D eigenvalue weighted by molar-refractivity contribution is -0.139. The van der Waals surface area contributed by atoms with Crippen LogP contribution in [0.4, 0.5) is 0 Å². The van der Waals surface area contributed by atoms with Crippen LogP contribution < -0.4 is 4.74 Å². The van der Waals surface area contributed by atoms with Crippen molar-refractivity contribution in [1.82, 2.24) is 0 Å². The van der Waals surface area contributed by atoms with E-state index in [-0.39, 0.29) is 6.61 Å². The summed E-state index contributed by atoms with van der Waals surface area (Å²) in [6, 6.07) is 18.7. The Labute approximate surface area is 151 Å². The van der Waals surface area contributed by atoms with Crippen LogP contribution in [0.1, 0.15) is 16.7 Å². The molecule has 0 atom stereocenters. The summed E-state index contributed by atoms with van der Waals surface area (Å²) in [6.45, 7) is 3.75. The highest BCUT2D eigenvalue weighted by Gasteiger charge is 2.07. The molecule has 0 unspecified atom stereocenters.